The van der Waals surface area contributed by atoms with E-state index in [1.165, 1.54) is 4.90 Å². The first-order valence-corrected chi connectivity index (χ1v) is 9.70. The van der Waals surface area contributed by atoms with E-state index in [0.29, 0.717) is 13.0 Å². The van der Waals surface area contributed by atoms with Gasteiger partial charge in [-0.15, -0.1) is 0 Å². The lowest BCUT2D eigenvalue weighted by Gasteiger charge is -2.25. The number of amides is 3. The van der Waals surface area contributed by atoms with Crippen LogP contribution >= 0.6 is 0 Å². The number of nitrogens with two attached hydrogens (primary N) is 1. The average Bonchev–Trinajstić information content (AvgIpc) is 3.26. The summed E-state index contributed by atoms with van der Waals surface area (Å²) in [5, 5.41) is 4.84. The molecule has 0 unspecified atom stereocenters. The van der Waals surface area contributed by atoms with Crippen LogP contribution in [-0.4, -0.2) is 35.2 Å². The van der Waals surface area contributed by atoms with E-state index in [2.05, 4.69) is 5.32 Å². The van der Waals surface area contributed by atoms with Gasteiger partial charge in [0.15, 0.2) is 0 Å². The number of fused-ring (bicyclic) bond motifs is 4. The molecule has 0 bridgehead atoms. The maximum Gasteiger partial charge on any atom is 0.291 e. The molecular weight excluding hydrogens is 354 g/mol. The maximum atomic E-state index is 13.4. The van der Waals surface area contributed by atoms with Crippen LogP contribution in [0.3, 0.4) is 0 Å². The first-order chi connectivity index (χ1) is 13.5. The van der Waals surface area contributed by atoms with Crippen molar-refractivity contribution in [2.75, 3.05) is 11.9 Å². The summed E-state index contributed by atoms with van der Waals surface area (Å²) in [7, 11) is 0. The molecule has 2 fully saturated rings. The lowest BCUT2D eigenvalue weighted by Crippen LogP contribution is -2.98. The summed E-state index contributed by atoms with van der Waals surface area (Å²) in [6.45, 7) is 2.28. The van der Waals surface area contributed by atoms with Crippen molar-refractivity contribution >= 4 is 23.4 Å². The van der Waals surface area contributed by atoms with E-state index in [-0.39, 0.29) is 23.8 Å². The summed E-state index contributed by atoms with van der Waals surface area (Å²) in [5.74, 6) is -1.70. The molecule has 3 aliphatic heterocycles. The highest BCUT2D eigenvalue weighted by atomic mass is 16.2. The van der Waals surface area contributed by atoms with Crippen LogP contribution in [0.4, 0.5) is 5.69 Å². The summed E-state index contributed by atoms with van der Waals surface area (Å²) in [5.41, 5.74) is 1.58. The Kier molecular flexibility index (Phi) is 3.67. The Morgan fingerprint density at radius 2 is 1.71 bits per heavy atom. The van der Waals surface area contributed by atoms with Gasteiger partial charge in [-0.2, -0.15) is 0 Å². The third-order valence-corrected chi connectivity index (χ3v) is 6.49. The van der Waals surface area contributed by atoms with Crippen LogP contribution in [0.5, 0.6) is 0 Å². The fourth-order valence-electron chi connectivity index (χ4n) is 5.26. The van der Waals surface area contributed by atoms with E-state index in [9.17, 15) is 14.4 Å². The number of carbonyl (C=O) groups excluding carboxylic acids is 3. The number of nitrogens with one attached hydrogen (secondary N) is 1. The van der Waals surface area contributed by atoms with Gasteiger partial charge < -0.3 is 10.6 Å². The van der Waals surface area contributed by atoms with Gasteiger partial charge in [-0.25, -0.2) is 0 Å². The number of hydrogen-bond donors (Lipinski definition) is 2. The molecule has 6 nitrogen and oxygen atoms in total. The molecule has 0 radical (unpaired) electrons. The molecule has 28 heavy (non-hydrogen) atoms. The van der Waals surface area contributed by atoms with E-state index in [1.807, 2.05) is 66.8 Å². The van der Waals surface area contributed by atoms with Gasteiger partial charge in [0.25, 0.3) is 5.91 Å². The molecule has 2 saturated heterocycles. The molecule has 4 atom stereocenters. The number of para-hydroxylation sites is 1. The van der Waals surface area contributed by atoms with Crippen LogP contribution in [0.25, 0.3) is 0 Å². The molecule has 3 heterocycles. The first-order valence-electron chi connectivity index (χ1n) is 9.70. The molecule has 1 spiro atoms. The Morgan fingerprint density at radius 3 is 2.50 bits per heavy atom. The Balaban J connectivity index is 1.50. The van der Waals surface area contributed by atoms with Crippen LogP contribution in [0.2, 0.25) is 0 Å². The van der Waals surface area contributed by atoms with Gasteiger partial charge in [0, 0.05) is 12.1 Å². The van der Waals surface area contributed by atoms with Crippen molar-refractivity contribution in [2.24, 2.45) is 11.8 Å². The molecule has 6 heteroatoms. The number of likely N-dealkylation sites (tertiary alicyclic amines) is 1. The molecule has 142 valence electrons. The molecule has 3 aliphatic rings. The fraction of sp³-hybridized carbons (Fsp3) is 0.318. The number of quaternary nitrogens is 1. The summed E-state index contributed by atoms with van der Waals surface area (Å²) in [6.07, 6.45) is 0.617. The molecule has 3 amide bonds. The molecule has 0 aliphatic carbocycles. The Morgan fingerprint density at radius 1 is 1.00 bits per heavy atom. The third-order valence-electron chi connectivity index (χ3n) is 6.49. The Bertz CT molecular complexity index is 990. The maximum absolute atomic E-state index is 13.4. The van der Waals surface area contributed by atoms with Gasteiger partial charge in [-0.3, -0.25) is 19.3 Å². The zero-order chi connectivity index (χ0) is 19.5. The van der Waals surface area contributed by atoms with Gasteiger partial charge in [0.05, 0.1) is 11.7 Å². The molecule has 2 aromatic carbocycles. The van der Waals surface area contributed by atoms with Gasteiger partial charge in [-0.1, -0.05) is 48.5 Å². The lowest BCUT2D eigenvalue weighted by molar-refractivity contribution is -0.730. The monoisotopic (exact) mass is 376 g/mol. The molecule has 3 N–H and O–H groups in total. The first kappa shape index (κ1) is 17.1. The van der Waals surface area contributed by atoms with Crippen LogP contribution in [-0.2, 0) is 26.3 Å². The minimum atomic E-state index is -1.05. The number of imide groups is 1. The number of benzene rings is 2. The molecule has 5 rings (SSSR count). The highest BCUT2D eigenvalue weighted by Gasteiger charge is 2.73. The van der Waals surface area contributed by atoms with Crippen molar-refractivity contribution < 1.29 is 19.7 Å². The Labute approximate surface area is 162 Å². The summed E-state index contributed by atoms with van der Waals surface area (Å²) in [6, 6.07) is 17.2. The van der Waals surface area contributed by atoms with E-state index in [1.54, 1.807) is 0 Å². The smallest absolute Gasteiger partial charge is 0.291 e. The topological polar surface area (TPSA) is 83.1 Å². The average molecular weight is 376 g/mol. The zero-order valence-corrected chi connectivity index (χ0v) is 15.6. The van der Waals surface area contributed by atoms with Crippen LogP contribution in [0, 0.1) is 11.8 Å². The molecule has 0 saturated carbocycles. The summed E-state index contributed by atoms with van der Waals surface area (Å²) < 4.78 is 0. The second-order valence-electron chi connectivity index (χ2n) is 7.96. The number of nitrogens with zero attached hydrogens (tertiary/aromatic N) is 1. The minimum absolute atomic E-state index is 0.139. The SMILES string of the molecule is C[C@H]1[NH2+][C@]2(C(=O)Nc3ccccc32)[C@@H]2C(=O)N(CCc3ccccc3)C(=O)[C@@H]21. The number of anilines is 1. The molecule has 0 aromatic heterocycles. The van der Waals surface area contributed by atoms with Gasteiger partial charge >= 0.3 is 0 Å². The third kappa shape index (κ3) is 2.15. The van der Waals surface area contributed by atoms with Crippen molar-refractivity contribution in [3.05, 3.63) is 65.7 Å². The second kappa shape index (κ2) is 6.01. The van der Waals surface area contributed by atoms with Gasteiger partial charge in [-0.05, 0) is 25.0 Å². The highest BCUT2D eigenvalue weighted by molar-refractivity contribution is 6.13. The fourth-order valence-corrected chi connectivity index (χ4v) is 5.26. The largest absolute Gasteiger partial charge is 0.326 e. The van der Waals surface area contributed by atoms with Crippen molar-refractivity contribution in [1.82, 2.24) is 4.90 Å². The van der Waals surface area contributed by atoms with Crippen molar-refractivity contribution in [3.63, 3.8) is 0 Å². The number of rotatable bonds is 3. The highest BCUT2D eigenvalue weighted by Crippen LogP contribution is 2.48. The van der Waals surface area contributed by atoms with Crippen molar-refractivity contribution in [1.29, 1.82) is 0 Å². The predicted octanol–water partition coefficient (Wildman–Crippen LogP) is 0.643. The van der Waals surface area contributed by atoms with Crippen LogP contribution in [0.15, 0.2) is 54.6 Å². The normalized spacial score (nSPS) is 30.7. The van der Waals surface area contributed by atoms with Crippen LogP contribution < -0.4 is 10.6 Å². The van der Waals surface area contributed by atoms with Gasteiger partial charge in [0.1, 0.15) is 11.8 Å². The van der Waals surface area contributed by atoms with Crippen molar-refractivity contribution in [3.8, 4) is 0 Å². The molecular formula is C22H22N3O3+. The molecule has 2 aromatic rings. The van der Waals surface area contributed by atoms with E-state index in [4.69, 9.17) is 0 Å². The van der Waals surface area contributed by atoms with E-state index < -0.39 is 17.4 Å². The van der Waals surface area contributed by atoms with Gasteiger partial charge in [0.2, 0.25) is 17.4 Å². The number of carbonyl (C=O) groups is 3. The van der Waals surface area contributed by atoms with Crippen LogP contribution in [0.1, 0.15) is 18.1 Å². The zero-order valence-electron chi connectivity index (χ0n) is 15.6. The standard InChI is InChI=1S/C22H21N3O3/c1-13-17-18(22(24-13)15-9-5-6-10-16(15)23-21(22)28)20(27)25(19(17)26)12-11-14-7-3-2-4-8-14/h2-10,13,17-18,24H,11-12H2,1H3,(H,23,28)/p+1/t13-,17-,18+,22+/m1/s1. The summed E-state index contributed by atoms with van der Waals surface area (Å²) >= 11 is 0. The Hall–Kier alpha value is -2.99. The van der Waals surface area contributed by atoms with Crippen molar-refractivity contribution in [2.45, 2.75) is 24.9 Å². The number of hydrogen-bond acceptors (Lipinski definition) is 3. The predicted molar refractivity (Wildman–Crippen MR) is 102 cm³/mol. The quantitative estimate of drug-likeness (QED) is 0.772. The van der Waals surface area contributed by atoms with E-state index >= 15 is 0 Å². The lowest BCUT2D eigenvalue weighted by atomic mass is 9.76. The van der Waals surface area contributed by atoms with E-state index in [0.717, 1.165) is 16.8 Å². The second-order valence-corrected chi connectivity index (χ2v) is 7.96. The summed E-state index contributed by atoms with van der Waals surface area (Å²) in [4.78, 5) is 41.0. The minimum Gasteiger partial charge on any atom is -0.326 e.